The second kappa shape index (κ2) is 4.65. The van der Waals surface area contributed by atoms with Gasteiger partial charge in [0.25, 0.3) is 5.91 Å². The van der Waals surface area contributed by atoms with E-state index in [2.05, 4.69) is 5.10 Å². The quantitative estimate of drug-likeness (QED) is 0.752. The van der Waals surface area contributed by atoms with Crippen LogP contribution in [0, 0.1) is 0 Å². The minimum absolute atomic E-state index is 0.0707. The first-order valence-corrected chi connectivity index (χ1v) is 5.51. The molecule has 1 aliphatic heterocycles. The molecule has 0 unspecified atom stereocenters. The summed E-state index contributed by atoms with van der Waals surface area (Å²) in [5.74, 6) is 0.0707. The zero-order valence-corrected chi connectivity index (χ0v) is 9.72. The van der Waals surface area contributed by atoms with Crippen LogP contribution in [0.25, 0.3) is 0 Å². The molecule has 0 radical (unpaired) electrons. The van der Waals surface area contributed by atoms with Gasteiger partial charge in [0.05, 0.1) is 6.20 Å². The molecular formula is C11H17N3O2. The number of hydrogen-bond acceptors (Lipinski definition) is 3. The van der Waals surface area contributed by atoms with Crippen LogP contribution in [-0.4, -0.2) is 40.3 Å². The Morgan fingerprint density at radius 2 is 2.56 bits per heavy atom. The molecule has 5 nitrogen and oxygen atoms in total. The van der Waals surface area contributed by atoms with Gasteiger partial charge >= 0.3 is 0 Å². The van der Waals surface area contributed by atoms with Gasteiger partial charge in [-0.25, -0.2) is 0 Å². The molecule has 0 aliphatic carbocycles. The Hall–Kier alpha value is -1.36. The van der Waals surface area contributed by atoms with Crippen LogP contribution in [0.15, 0.2) is 12.4 Å². The molecule has 2 rings (SSSR count). The Morgan fingerprint density at radius 1 is 1.75 bits per heavy atom. The van der Waals surface area contributed by atoms with E-state index in [1.807, 2.05) is 13.2 Å². The summed E-state index contributed by atoms with van der Waals surface area (Å²) in [5.41, 5.74) is 1.04. The average Bonchev–Trinajstić information content (AvgIpc) is 2.88. The van der Waals surface area contributed by atoms with Crippen LogP contribution in [0.4, 0.5) is 0 Å². The number of carbonyl (C=O) groups is 1. The zero-order valence-electron chi connectivity index (χ0n) is 9.72. The summed E-state index contributed by atoms with van der Waals surface area (Å²) in [6.45, 7) is 1.30. The number of amides is 1. The number of likely N-dealkylation sites (N-methyl/N-ethyl adjacent to an activating group) is 1. The summed E-state index contributed by atoms with van der Waals surface area (Å²) in [5, 5.41) is 4.07. The van der Waals surface area contributed by atoms with Crippen molar-refractivity contribution in [3.05, 3.63) is 18.0 Å². The number of ether oxygens (including phenoxy) is 1. The molecule has 2 heterocycles. The molecule has 0 N–H and O–H groups in total. The van der Waals surface area contributed by atoms with Crippen LogP contribution in [0.5, 0.6) is 0 Å². The first-order chi connectivity index (χ1) is 7.66. The van der Waals surface area contributed by atoms with Crippen molar-refractivity contribution in [3.8, 4) is 0 Å². The van der Waals surface area contributed by atoms with Crippen molar-refractivity contribution in [2.24, 2.45) is 7.05 Å². The highest BCUT2D eigenvalue weighted by Gasteiger charge is 2.26. The lowest BCUT2D eigenvalue weighted by molar-refractivity contribution is -0.140. The smallest absolute Gasteiger partial charge is 0.251 e. The maximum atomic E-state index is 11.9. The van der Waals surface area contributed by atoms with Crippen LogP contribution in [0.2, 0.25) is 0 Å². The minimum Gasteiger partial charge on any atom is -0.368 e. The van der Waals surface area contributed by atoms with Crippen molar-refractivity contribution in [2.75, 3.05) is 13.7 Å². The number of carbonyl (C=O) groups excluding carboxylic acids is 1. The van der Waals surface area contributed by atoms with E-state index in [1.165, 1.54) is 0 Å². The highest BCUT2D eigenvalue weighted by Crippen LogP contribution is 2.15. The van der Waals surface area contributed by atoms with Gasteiger partial charge in [0.1, 0.15) is 6.10 Å². The van der Waals surface area contributed by atoms with Crippen LogP contribution >= 0.6 is 0 Å². The first kappa shape index (κ1) is 11.1. The van der Waals surface area contributed by atoms with Crippen LogP contribution < -0.4 is 0 Å². The van der Waals surface area contributed by atoms with E-state index >= 15 is 0 Å². The van der Waals surface area contributed by atoms with Gasteiger partial charge < -0.3 is 9.64 Å². The van der Waals surface area contributed by atoms with E-state index in [0.717, 1.165) is 18.4 Å². The number of aryl methyl sites for hydroxylation is 1. The highest BCUT2D eigenvalue weighted by molar-refractivity contribution is 5.80. The molecule has 1 aromatic heterocycles. The molecule has 16 heavy (non-hydrogen) atoms. The van der Waals surface area contributed by atoms with Crippen molar-refractivity contribution in [1.29, 1.82) is 0 Å². The Kier molecular flexibility index (Phi) is 3.24. The van der Waals surface area contributed by atoms with Crippen molar-refractivity contribution < 1.29 is 9.53 Å². The van der Waals surface area contributed by atoms with Gasteiger partial charge in [0, 0.05) is 39.0 Å². The second-order valence-corrected chi connectivity index (χ2v) is 4.22. The van der Waals surface area contributed by atoms with Crippen molar-refractivity contribution >= 4 is 5.91 Å². The summed E-state index contributed by atoms with van der Waals surface area (Å²) in [4.78, 5) is 13.6. The van der Waals surface area contributed by atoms with E-state index in [4.69, 9.17) is 4.74 Å². The molecule has 0 bridgehead atoms. The van der Waals surface area contributed by atoms with Crippen molar-refractivity contribution in [2.45, 2.75) is 25.5 Å². The van der Waals surface area contributed by atoms with Crippen molar-refractivity contribution in [1.82, 2.24) is 14.7 Å². The molecule has 1 aliphatic rings. The molecule has 5 heteroatoms. The van der Waals surface area contributed by atoms with Gasteiger partial charge in [0.2, 0.25) is 0 Å². The molecule has 1 aromatic rings. The number of aromatic nitrogens is 2. The summed E-state index contributed by atoms with van der Waals surface area (Å²) in [7, 11) is 3.67. The molecule has 1 fully saturated rings. The lowest BCUT2D eigenvalue weighted by Crippen LogP contribution is -2.35. The minimum atomic E-state index is -0.235. The molecular weight excluding hydrogens is 206 g/mol. The van der Waals surface area contributed by atoms with Gasteiger partial charge in [-0.05, 0) is 12.8 Å². The van der Waals surface area contributed by atoms with Crippen LogP contribution in [-0.2, 0) is 23.1 Å². The third-order valence-electron chi connectivity index (χ3n) is 2.76. The molecule has 0 saturated carbocycles. The second-order valence-electron chi connectivity index (χ2n) is 4.22. The fraction of sp³-hybridized carbons (Fsp3) is 0.636. The molecule has 88 valence electrons. The zero-order chi connectivity index (χ0) is 11.5. The maximum absolute atomic E-state index is 11.9. The molecule has 1 saturated heterocycles. The molecule has 1 amide bonds. The first-order valence-electron chi connectivity index (χ1n) is 5.51. The predicted octanol–water partition coefficient (Wildman–Crippen LogP) is 0.557. The molecule has 0 aromatic carbocycles. The van der Waals surface area contributed by atoms with E-state index < -0.39 is 0 Å². The fourth-order valence-electron chi connectivity index (χ4n) is 1.92. The Morgan fingerprint density at radius 3 is 3.12 bits per heavy atom. The lowest BCUT2D eigenvalue weighted by Gasteiger charge is -2.19. The largest absolute Gasteiger partial charge is 0.368 e. The van der Waals surface area contributed by atoms with Crippen molar-refractivity contribution in [3.63, 3.8) is 0 Å². The predicted molar refractivity (Wildman–Crippen MR) is 58.7 cm³/mol. The summed E-state index contributed by atoms with van der Waals surface area (Å²) in [6.07, 6.45) is 5.29. The number of nitrogens with zero attached hydrogens (tertiary/aromatic N) is 3. The van der Waals surface area contributed by atoms with Gasteiger partial charge in [-0.2, -0.15) is 5.10 Å². The van der Waals surface area contributed by atoms with E-state index in [9.17, 15) is 4.79 Å². The molecule has 0 spiro atoms. The monoisotopic (exact) mass is 223 g/mol. The molecule has 1 atom stereocenters. The van der Waals surface area contributed by atoms with E-state index in [-0.39, 0.29) is 12.0 Å². The maximum Gasteiger partial charge on any atom is 0.251 e. The standard InChI is InChI=1S/C11H17N3O2/c1-13(7-9-6-12-14(2)8-9)11(15)10-4-3-5-16-10/h6,8,10H,3-5,7H2,1-2H3/t10-/m0/s1. The van der Waals surface area contributed by atoms with Crippen LogP contribution in [0.3, 0.4) is 0 Å². The van der Waals surface area contributed by atoms with Gasteiger partial charge in [0.15, 0.2) is 0 Å². The Bertz CT molecular complexity index is 369. The SMILES string of the molecule is CN(Cc1cnn(C)c1)C(=O)[C@@H]1CCCO1. The third kappa shape index (κ3) is 2.41. The number of rotatable bonds is 3. The van der Waals surface area contributed by atoms with Gasteiger partial charge in [-0.15, -0.1) is 0 Å². The normalized spacial score (nSPS) is 20.0. The summed E-state index contributed by atoms with van der Waals surface area (Å²) < 4.78 is 7.10. The topological polar surface area (TPSA) is 47.4 Å². The summed E-state index contributed by atoms with van der Waals surface area (Å²) >= 11 is 0. The van der Waals surface area contributed by atoms with Crippen LogP contribution in [0.1, 0.15) is 18.4 Å². The van der Waals surface area contributed by atoms with Gasteiger partial charge in [-0.1, -0.05) is 0 Å². The average molecular weight is 223 g/mol. The Labute approximate surface area is 95.0 Å². The number of hydrogen-bond donors (Lipinski definition) is 0. The van der Waals surface area contributed by atoms with Gasteiger partial charge in [-0.3, -0.25) is 9.48 Å². The highest BCUT2D eigenvalue weighted by atomic mass is 16.5. The third-order valence-corrected chi connectivity index (χ3v) is 2.76. The van der Waals surface area contributed by atoms with E-state index in [0.29, 0.717) is 13.2 Å². The fourth-order valence-corrected chi connectivity index (χ4v) is 1.92. The van der Waals surface area contributed by atoms with E-state index in [1.54, 1.807) is 22.8 Å². The lowest BCUT2D eigenvalue weighted by atomic mass is 10.2. The Balaban J connectivity index is 1.91. The summed E-state index contributed by atoms with van der Waals surface area (Å²) in [6, 6.07) is 0.